The van der Waals surface area contributed by atoms with Crippen LogP contribution in [0.15, 0.2) is 0 Å². The van der Waals surface area contributed by atoms with Crippen LogP contribution < -0.4 is 5.32 Å². The number of β-amino-alcohol motifs (C(OH)–C–C–N with tert-alkyl or cyclic N) is 1. The summed E-state index contributed by atoms with van der Waals surface area (Å²) in [5.74, 6) is 2.75. The lowest BCUT2D eigenvalue weighted by molar-refractivity contribution is 0.158. The molecule has 60 valence electrons. The van der Waals surface area contributed by atoms with Crippen molar-refractivity contribution in [1.82, 2.24) is 5.32 Å². The van der Waals surface area contributed by atoms with Crippen LogP contribution in [0.3, 0.4) is 0 Å². The van der Waals surface area contributed by atoms with Crippen LogP contribution in [0.4, 0.5) is 0 Å². The highest BCUT2D eigenvalue weighted by Crippen LogP contribution is 2.14. The average Bonchev–Trinajstić information content (AvgIpc) is 2.31. The third kappa shape index (κ3) is 2.15. The Morgan fingerprint density at radius 3 is 2.90 bits per heavy atom. The monoisotopic (exact) mass is 161 g/mol. The van der Waals surface area contributed by atoms with Gasteiger partial charge in [-0.3, -0.25) is 0 Å². The predicted molar refractivity (Wildman–Crippen MR) is 45.4 cm³/mol. The van der Waals surface area contributed by atoms with Crippen molar-refractivity contribution in [3.05, 3.63) is 0 Å². The molecule has 0 radical (unpaired) electrons. The van der Waals surface area contributed by atoms with Gasteiger partial charge < -0.3 is 10.4 Å². The highest BCUT2D eigenvalue weighted by molar-refractivity contribution is 7.99. The van der Waals surface area contributed by atoms with Gasteiger partial charge in [-0.25, -0.2) is 0 Å². The second-order valence-electron chi connectivity index (χ2n) is 2.65. The van der Waals surface area contributed by atoms with E-state index in [1.807, 2.05) is 11.8 Å². The standard InChI is InChI=1S/C7H15NOS/c1-2-10-5-6-3-8-4-7(6)9/h6-9H,2-5H2,1H3. The molecular weight excluding hydrogens is 146 g/mol. The van der Waals surface area contributed by atoms with Gasteiger partial charge in [0.2, 0.25) is 0 Å². The highest BCUT2D eigenvalue weighted by Gasteiger charge is 2.23. The van der Waals surface area contributed by atoms with Crippen molar-refractivity contribution < 1.29 is 5.11 Å². The van der Waals surface area contributed by atoms with Crippen molar-refractivity contribution in [2.24, 2.45) is 5.92 Å². The fourth-order valence-corrected chi connectivity index (χ4v) is 2.04. The first kappa shape index (κ1) is 8.37. The zero-order valence-electron chi connectivity index (χ0n) is 6.34. The Labute approximate surface area is 66.4 Å². The molecule has 0 aliphatic carbocycles. The first-order chi connectivity index (χ1) is 4.84. The predicted octanol–water partition coefficient (Wildman–Crippen LogP) is 0.320. The fourth-order valence-electron chi connectivity index (χ4n) is 1.16. The minimum atomic E-state index is -0.0981. The Bertz CT molecular complexity index is 99.6. The molecule has 1 aliphatic rings. The van der Waals surface area contributed by atoms with Crippen LogP contribution in [-0.4, -0.2) is 35.8 Å². The summed E-state index contributed by atoms with van der Waals surface area (Å²) < 4.78 is 0. The zero-order chi connectivity index (χ0) is 7.40. The molecule has 0 aromatic carbocycles. The number of aliphatic hydroxyl groups excluding tert-OH is 1. The van der Waals surface area contributed by atoms with Gasteiger partial charge in [0, 0.05) is 19.0 Å². The Balaban J connectivity index is 2.14. The minimum Gasteiger partial charge on any atom is -0.391 e. The molecular formula is C7H15NOS. The highest BCUT2D eigenvalue weighted by atomic mass is 32.2. The van der Waals surface area contributed by atoms with Crippen molar-refractivity contribution in [3.63, 3.8) is 0 Å². The van der Waals surface area contributed by atoms with Crippen LogP contribution in [0.25, 0.3) is 0 Å². The molecule has 0 aromatic rings. The van der Waals surface area contributed by atoms with Crippen molar-refractivity contribution in [2.75, 3.05) is 24.6 Å². The number of hydrogen-bond donors (Lipinski definition) is 2. The van der Waals surface area contributed by atoms with Gasteiger partial charge in [-0.15, -0.1) is 0 Å². The van der Waals surface area contributed by atoms with Gasteiger partial charge in [-0.2, -0.15) is 11.8 Å². The summed E-state index contributed by atoms with van der Waals surface area (Å²) in [6, 6.07) is 0. The summed E-state index contributed by atoms with van der Waals surface area (Å²) in [6.07, 6.45) is -0.0981. The molecule has 2 nitrogen and oxygen atoms in total. The Morgan fingerprint density at radius 2 is 2.40 bits per heavy atom. The van der Waals surface area contributed by atoms with E-state index in [4.69, 9.17) is 0 Å². The van der Waals surface area contributed by atoms with E-state index in [9.17, 15) is 5.11 Å². The van der Waals surface area contributed by atoms with Gasteiger partial charge in [0.1, 0.15) is 0 Å². The van der Waals surface area contributed by atoms with Crippen molar-refractivity contribution in [1.29, 1.82) is 0 Å². The SMILES string of the molecule is CCSCC1CNCC1O. The van der Waals surface area contributed by atoms with Crippen LogP contribution >= 0.6 is 11.8 Å². The smallest absolute Gasteiger partial charge is 0.0712 e. The summed E-state index contributed by atoms with van der Waals surface area (Å²) in [7, 11) is 0. The molecule has 1 heterocycles. The molecule has 2 unspecified atom stereocenters. The molecule has 1 rings (SSSR count). The van der Waals surface area contributed by atoms with Crippen molar-refractivity contribution in [3.8, 4) is 0 Å². The number of thioether (sulfide) groups is 1. The minimum absolute atomic E-state index is 0.0981. The van der Waals surface area contributed by atoms with E-state index in [0.717, 1.165) is 24.6 Å². The Kier molecular flexibility index (Phi) is 3.52. The lowest BCUT2D eigenvalue weighted by Crippen LogP contribution is -2.19. The van der Waals surface area contributed by atoms with E-state index in [1.165, 1.54) is 0 Å². The molecule has 1 fully saturated rings. The summed E-state index contributed by atoms with van der Waals surface area (Å²) in [4.78, 5) is 0. The van der Waals surface area contributed by atoms with Crippen molar-refractivity contribution >= 4 is 11.8 Å². The van der Waals surface area contributed by atoms with Crippen LogP contribution in [-0.2, 0) is 0 Å². The van der Waals surface area contributed by atoms with E-state index in [1.54, 1.807) is 0 Å². The van der Waals surface area contributed by atoms with E-state index >= 15 is 0 Å². The average molecular weight is 161 g/mol. The summed E-state index contributed by atoms with van der Waals surface area (Å²) >= 11 is 1.91. The molecule has 0 bridgehead atoms. The molecule has 10 heavy (non-hydrogen) atoms. The largest absolute Gasteiger partial charge is 0.391 e. The maximum absolute atomic E-state index is 9.34. The first-order valence-corrected chi connectivity index (χ1v) is 4.96. The molecule has 0 amide bonds. The number of nitrogens with one attached hydrogen (secondary N) is 1. The molecule has 0 saturated carbocycles. The normalized spacial score (nSPS) is 33.0. The molecule has 0 aromatic heterocycles. The number of rotatable bonds is 3. The summed E-state index contributed by atoms with van der Waals surface area (Å²) in [5.41, 5.74) is 0. The van der Waals surface area contributed by atoms with Gasteiger partial charge in [0.05, 0.1) is 6.10 Å². The van der Waals surface area contributed by atoms with Gasteiger partial charge in [0.15, 0.2) is 0 Å². The third-order valence-electron chi connectivity index (χ3n) is 1.84. The number of hydrogen-bond acceptors (Lipinski definition) is 3. The van der Waals surface area contributed by atoms with Gasteiger partial charge in [0.25, 0.3) is 0 Å². The quantitative estimate of drug-likeness (QED) is 0.625. The molecule has 2 atom stereocenters. The summed E-state index contributed by atoms with van der Waals surface area (Å²) in [5, 5.41) is 12.5. The second-order valence-corrected chi connectivity index (χ2v) is 3.96. The van der Waals surface area contributed by atoms with Gasteiger partial charge in [-0.05, 0) is 11.5 Å². The maximum atomic E-state index is 9.34. The third-order valence-corrected chi connectivity index (χ3v) is 2.91. The van der Waals surface area contributed by atoms with Gasteiger partial charge in [-0.1, -0.05) is 6.92 Å². The maximum Gasteiger partial charge on any atom is 0.0712 e. The molecule has 0 spiro atoms. The van der Waals surface area contributed by atoms with E-state index in [0.29, 0.717) is 5.92 Å². The van der Waals surface area contributed by atoms with Crippen LogP contribution in [0, 0.1) is 5.92 Å². The first-order valence-electron chi connectivity index (χ1n) is 3.81. The lowest BCUT2D eigenvalue weighted by atomic mass is 10.1. The topological polar surface area (TPSA) is 32.3 Å². The van der Waals surface area contributed by atoms with E-state index < -0.39 is 0 Å². The molecule has 2 N–H and O–H groups in total. The van der Waals surface area contributed by atoms with E-state index in [-0.39, 0.29) is 6.10 Å². The molecule has 1 saturated heterocycles. The van der Waals surface area contributed by atoms with Gasteiger partial charge >= 0.3 is 0 Å². The summed E-state index contributed by atoms with van der Waals surface area (Å²) in [6.45, 7) is 3.93. The van der Waals surface area contributed by atoms with E-state index in [2.05, 4.69) is 12.2 Å². The zero-order valence-corrected chi connectivity index (χ0v) is 7.16. The fraction of sp³-hybridized carbons (Fsp3) is 1.00. The lowest BCUT2D eigenvalue weighted by Gasteiger charge is -2.10. The van der Waals surface area contributed by atoms with Crippen LogP contribution in [0.2, 0.25) is 0 Å². The second kappa shape index (κ2) is 4.21. The Hall–Kier alpha value is 0.270. The molecule has 1 aliphatic heterocycles. The Morgan fingerprint density at radius 1 is 1.60 bits per heavy atom. The van der Waals surface area contributed by atoms with Crippen LogP contribution in [0.1, 0.15) is 6.92 Å². The van der Waals surface area contributed by atoms with Crippen LogP contribution in [0.5, 0.6) is 0 Å². The number of aliphatic hydroxyl groups is 1. The van der Waals surface area contributed by atoms with Crippen molar-refractivity contribution in [2.45, 2.75) is 13.0 Å². The molecule has 3 heteroatoms.